The van der Waals surface area contributed by atoms with Crippen LogP contribution in [0.4, 0.5) is 9.52 Å². The van der Waals surface area contributed by atoms with Gasteiger partial charge in [0.25, 0.3) is 0 Å². The van der Waals surface area contributed by atoms with Crippen molar-refractivity contribution in [3.63, 3.8) is 0 Å². The van der Waals surface area contributed by atoms with Crippen molar-refractivity contribution in [2.24, 2.45) is 5.92 Å². The Balaban J connectivity index is 1.86. The number of nitrogens with one attached hydrogen (secondary N) is 1. The average Bonchev–Trinajstić information content (AvgIpc) is 3.00. The van der Waals surface area contributed by atoms with E-state index in [4.69, 9.17) is 0 Å². The summed E-state index contributed by atoms with van der Waals surface area (Å²) in [5, 5.41) is 4.30. The molecule has 0 spiro atoms. The molecule has 1 aromatic heterocycles. The third-order valence-corrected chi connectivity index (χ3v) is 4.00. The van der Waals surface area contributed by atoms with Crippen molar-refractivity contribution in [3.8, 4) is 0 Å². The van der Waals surface area contributed by atoms with Crippen LogP contribution in [0.1, 0.15) is 19.8 Å². The van der Waals surface area contributed by atoms with Crippen molar-refractivity contribution < 1.29 is 4.39 Å². The standard InChI is InChI=1S/C12H13FN2S/c1-7(8-2-3-8)14-12-15-10-6-9(13)4-5-11(10)16-12/h4-8H,2-3H2,1H3,(H,14,15). The number of anilines is 1. The molecule has 0 radical (unpaired) electrons. The molecule has 2 aromatic rings. The maximum Gasteiger partial charge on any atom is 0.184 e. The second kappa shape index (κ2) is 3.70. The molecule has 0 aliphatic heterocycles. The third kappa shape index (κ3) is 1.89. The first kappa shape index (κ1) is 10.0. The van der Waals surface area contributed by atoms with Crippen LogP contribution in [0.15, 0.2) is 18.2 Å². The molecule has 1 atom stereocenters. The molecule has 0 saturated heterocycles. The van der Waals surface area contributed by atoms with Crippen molar-refractivity contribution in [1.82, 2.24) is 4.98 Å². The molecular weight excluding hydrogens is 223 g/mol. The van der Waals surface area contributed by atoms with E-state index in [0.717, 1.165) is 21.3 Å². The molecule has 1 aromatic carbocycles. The highest BCUT2D eigenvalue weighted by molar-refractivity contribution is 7.22. The van der Waals surface area contributed by atoms with E-state index in [-0.39, 0.29) is 5.82 Å². The Bertz CT molecular complexity index is 519. The highest BCUT2D eigenvalue weighted by Crippen LogP contribution is 2.35. The lowest BCUT2D eigenvalue weighted by Crippen LogP contribution is -2.16. The summed E-state index contributed by atoms with van der Waals surface area (Å²) in [5.41, 5.74) is 0.746. The number of halogens is 1. The predicted molar refractivity (Wildman–Crippen MR) is 65.4 cm³/mol. The van der Waals surface area contributed by atoms with Gasteiger partial charge in [-0.2, -0.15) is 0 Å². The lowest BCUT2D eigenvalue weighted by molar-refractivity contribution is 0.629. The molecule has 16 heavy (non-hydrogen) atoms. The quantitative estimate of drug-likeness (QED) is 0.880. The molecule has 1 fully saturated rings. The largest absolute Gasteiger partial charge is 0.359 e. The van der Waals surface area contributed by atoms with Gasteiger partial charge in [0.15, 0.2) is 5.13 Å². The number of fused-ring (bicyclic) bond motifs is 1. The first-order chi connectivity index (χ1) is 7.72. The topological polar surface area (TPSA) is 24.9 Å². The molecule has 4 heteroatoms. The number of hydrogen-bond acceptors (Lipinski definition) is 3. The molecule has 0 amide bonds. The lowest BCUT2D eigenvalue weighted by atomic mass is 10.2. The van der Waals surface area contributed by atoms with Gasteiger partial charge in [0.1, 0.15) is 5.82 Å². The molecular formula is C12H13FN2S. The van der Waals surface area contributed by atoms with E-state index >= 15 is 0 Å². The van der Waals surface area contributed by atoms with E-state index in [1.54, 1.807) is 17.4 Å². The molecule has 1 unspecified atom stereocenters. The summed E-state index contributed by atoms with van der Waals surface area (Å²) in [7, 11) is 0. The monoisotopic (exact) mass is 236 g/mol. The molecule has 1 aliphatic rings. The zero-order valence-electron chi connectivity index (χ0n) is 9.03. The van der Waals surface area contributed by atoms with Crippen LogP contribution in [-0.4, -0.2) is 11.0 Å². The van der Waals surface area contributed by atoms with Gasteiger partial charge >= 0.3 is 0 Å². The fraction of sp³-hybridized carbons (Fsp3) is 0.417. The van der Waals surface area contributed by atoms with Crippen LogP contribution in [0.5, 0.6) is 0 Å². The smallest absolute Gasteiger partial charge is 0.184 e. The molecule has 0 bridgehead atoms. The van der Waals surface area contributed by atoms with Gasteiger partial charge < -0.3 is 5.32 Å². The van der Waals surface area contributed by atoms with Gasteiger partial charge in [-0.25, -0.2) is 9.37 Å². The molecule has 3 rings (SSSR count). The lowest BCUT2D eigenvalue weighted by Gasteiger charge is -2.10. The third-order valence-electron chi connectivity index (χ3n) is 3.03. The van der Waals surface area contributed by atoms with Crippen LogP contribution in [0, 0.1) is 11.7 Å². The summed E-state index contributed by atoms with van der Waals surface area (Å²) >= 11 is 1.59. The Labute approximate surface area is 97.5 Å². The van der Waals surface area contributed by atoms with E-state index in [0.29, 0.717) is 6.04 Å². The van der Waals surface area contributed by atoms with E-state index in [2.05, 4.69) is 17.2 Å². The number of rotatable bonds is 3. The molecule has 1 saturated carbocycles. The molecule has 1 N–H and O–H groups in total. The van der Waals surface area contributed by atoms with Crippen LogP contribution in [-0.2, 0) is 0 Å². The Morgan fingerprint density at radius 2 is 2.31 bits per heavy atom. The highest BCUT2D eigenvalue weighted by atomic mass is 32.1. The van der Waals surface area contributed by atoms with Crippen LogP contribution in [0.25, 0.3) is 10.2 Å². The zero-order chi connectivity index (χ0) is 11.1. The number of thiazole rings is 1. The van der Waals surface area contributed by atoms with Gasteiger partial charge in [-0.3, -0.25) is 0 Å². The van der Waals surface area contributed by atoms with Crippen molar-refractivity contribution in [3.05, 3.63) is 24.0 Å². The van der Waals surface area contributed by atoms with Gasteiger partial charge in [0.05, 0.1) is 10.2 Å². The Kier molecular flexibility index (Phi) is 2.32. The second-order valence-corrected chi connectivity index (χ2v) is 5.43. The van der Waals surface area contributed by atoms with E-state index in [1.165, 1.54) is 25.0 Å². The predicted octanol–water partition coefficient (Wildman–Crippen LogP) is 3.65. The minimum atomic E-state index is -0.223. The Hall–Kier alpha value is -1.16. The summed E-state index contributed by atoms with van der Waals surface area (Å²) in [5.74, 6) is 0.573. The van der Waals surface area contributed by atoms with Crippen molar-refractivity contribution in [1.29, 1.82) is 0 Å². The molecule has 84 valence electrons. The van der Waals surface area contributed by atoms with Crippen LogP contribution < -0.4 is 5.32 Å². The van der Waals surface area contributed by atoms with Crippen molar-refractivity contribution in [2.45, 2.75) is 25.8 Å². The molecule has 1 heterocycles. The summed E-state index contributed by atoms with van der Waals surface area (Å²) in [6.07, 6.45) is 2.63. The maximum absolute atomic E-state index is 13.0. The number of aromatic nitrogens is 1. The second-order valence-electron chi connectivity index (χ2n) is 4.40. The Morgan fingerprint density at radius 3 is 3.06 bits per heavy atom. The minimum Gasteiger partial charge on any atom is -0.359 e. The first-order valence-electron chi connectivity index (χ1n) is 5.55. The normalized spacial score (nSPS) is 17.6. The van der Waals surface area contributed by atoms with E-state index < -0.39 is 0 Å². The fourth-order valence-corrected chi connectivity index (χ4v) is 2.81. The minimum absolute atomic E-state index is 0.223. The van der Waals surface area contributed by atoms with Crippen molar-refractivity contribution in [2.75, 3.05) is 5.32 Å². The summed E-state index contributed by atoms with van der Waals surface area (Å²) < 4.78 is 14.0. The van der Waals surface area contributed by atoms with Crippen LogP contribution in [0.2, 0.25) is 0 Å². The SMILES string of the molecule is CC(Nc1nc2cc(F)ccc2s1)C1CC1. The number of benzene rings is 1. The Morgan fingerprint density at radius 1 is 1.50 bits per heavy atom. The highest BCUT2D eigenvalue weighted by Gasteiger charge is 2.28. The summed E-state index contributed by atoms with van der Waals surface area (Å²) in [6.45, 7) is 2.18. The van der Waals surface area contributed by atoms with Gasteiger partial charge in [0.2, 0.25) is 0 Å². The van der Waals surface area contributed by atoms with Gasteiger partial charge in [-0.05, 0) is 37.8 Å². The van der Waals surface area contributed by atoms with Gasteiger partial charge in [-0.1, -0.05) is 11.3 Å². The first-order valence-corrected chi connectivity index (χ1v) is 6.36. The van der Waals surface area contributed by atoms with Crippen LogP contribution >= 0.6 is 11.3 Å². The molecule has 2 nitrogen and oxygen atoms in total. The van der Waals surface area contributed by atoms with Crippen LogP contribution in [0.3, 0.4) is 0 Å². The van der Waals surface area contributed by atoms with Crippen molar-refractivity contribution >= 4 is 26.7 Å². The van der Waals surface area contributed by atoms with E-state index in [9.17, 15) is 4.39 Å². The number of nitrogens with zero attached hydrogens (tertiary/aromatic N) is 1. The molecule has 1 aliphatic carbocycles. The van der Waals surface area contributed by atoms with E-state index in [1.807, 2.05) is 0 Å². The number of hydrogen-bond donors (Lipinski definition) is 1. The zero-order valence-corrected chi connectivity index (χ0v) is 9.85. The summed E-state index contributed by atoms with van der Waals surface area (Å²) in [4.78, 5) is 4.39. The summed E-state index contributed by atoms with van der Waals surface area (Å²) in [6, 6.07) is 5.23. The van der Waals surface area contributed by atoms with Gasteiger partial charge in [0, 0.05) is 12.1 Å². The van der Waals surface area contributed by atoms with Gasteiger partial charge in [-0.15, -0.1) is 0 Å². The average molecular weight is 236 g/mol. The fourth-order valence-electron chi connectivity index (χ4n) is 1.87. The maximum atomic E-state index is 13.0.